The van der Waals surface area contributed by atoms with Crippen LogP contribution in [0, 0.1) is 6.92 Å². The molecule has 1 aromatic heterocycles. The zero-order valence-corrected chi connectivity index (χ0v) is 14.6. The molecule has 120 valence electrons. The summed E-state index contributed by atoms with van der Waals surface area (Å²) >= 11 is 1.83. The molecule has 0 bridgehead atoms. The van der Waals surface area contributed by atoms with E-state index in [1.54, 1.807) is 0 Å². The van der Waals surface area contributed by atoms with Gasteiger partial charge in [0, 0.05) is 37.2 Å². The van der Waals surface area contributed by atoms with Gasteiger partial charge in [-0.2, -0.15) is 0 Å². The highest BCUT2D eigenvalue weighted by Gasteiger charge is 2.23. The SMILES string of the molecule is CCCOC1CCCN(c2nc(C)c(CNC(C)C)s2)C1. The van der Waals surface area contributed by atoms with Crippen LogP contribution in [-0.2, 0) is 11.3 Å². The van der Waals surface area contributed by atoms with Crippen LogP contribution in [0.1, 0.15) is 50.6 Å². The van der Waals surface area contributed by atoms with E-state index >= 15 is 0 Å². The first-order valence-corrected chi connectivity index (χ1v) is 8.98. The number of nitrogens with zero attached hydrogens (tertiary/aromatic N) is 2. The smallest absolute Gasteiger partial charge is 0.185 e. The molecular weight excluding hydrogens is 282 g/mol. The van der Waals surface area contributed by atoms with Gasteiger partial charge in [0.25, 0.3) is 0 Å². The topological polar surface area (TPSA) is 37.4 Å². The van der Waals surface area contributed by atoms with Crippen LogP contribution < -0.4 is 10.2 Å². The third-order valence-corrected chi connectivity index (χ3v) is 4.98. The number of ether oxygens (including phenoxy) is 1. The van der Waals surface area contributed by atoms with E-state index in [1.807, 2.05) is 11.3 Å². The number of rotatable bonds is 7. The van der Waals surface area contributed by atoms with Crippen molar-refractivity contribution in [1.82, 2.24) is 10.3 Å². The Kier molecular flexibility index (Phi) is 6.45. The lowest BCUT2D eigenvalue weighted by Crippen LogP contribution is -2.39. The van der Waals surface area contributed by atoms with Gasteiger partial charge in [0.2, 0.25) is 0 Å². The van der Waals surface area contributed by atoms with Crippen molar-refractivity contribution in [3.05, 3.63) is 10.6 Å². The van der Waals surface area contributed by atoms with Crippen molar-refractivity contribution in [2.45, 2.75) is 65.6 Å². The van der Waals surface area contributed by atoms with Gasteiger partial charge in [-0.3, -0.25) is 0 Å². The molecule has 1 aliphatic rings. The predicted molar refractivity (Wildman–Crippen MR) is 90.3 cm³/mol. The molecule has 5 heteroatoms. The number of thiazole rings is 1. The average Bonchev–Trinajstić information content (AvgIpc) is 2.84. The highest BCUT2D eigenvalue weighted by Crippen LogP contribution is 2.29. The van der Waals surface area contributed by atoms with E-state index in [1.165, 1.54) is 23.4 Å². The fraction of sp³-hybridized carbons (Fsp3) is 0.812. The van der Waals surface area contributed by atoms with E-state index in [9.17, 15) is 0 Å². The lowest BCUT2D eigenvalue weighted by Gasteiger charge is -2.32. The highest BCUT2D eigenvalue weighted by atomic mass is 32.1. The third kappa shape index (κ3) is 4.94. The second-order valence-electron chi connectivity index (χ2n) is 6.12. The summed E-state index contributed by atoms with van der Waals surface area (Å²) in [5.41, 5.74) is 1.17. The Morgan fingerprint density at radius 3 is 3.00 bits per heavy atom. The van der Waals surface area contributed by atoms with Crippen molar-refractivity contribution in [1.29, 1.82) is 0 Å². The second kappa shape index (κ2) is 8.11. The van der Waals surface area contributed by atoms with Gasteiger partial charge < -0.3 is 15.0 Å². The monoisotopic (exact) mass is 311 g/mol. The first-order valence-electron chi connectivity index (χ1n) is 8.16. The zero-order chi connectivity index (χ0) is 15.2. The molecule has 1 N–H and O–H groups in total. The van der Waals surface area contributed by atoms with Gasteiger partial charge in [-0.05, 0) is 26.2 Å². The largest absolute Gasteiger partial charge is 0.376 e. The van der Waals surface area contributed by atoms with Crippen molar-refractivity contribution in [3.8, 4) is 0 Å². The molecule has 1 saturated heterocycles. The summed E-state index contributed by atoms with van der Waals surface area (Å²) < 4.78 is 5.92. The first kappa shape index (κ1) is 16.7. The molecule has 1 aromatic rings. The number of hydrogen-bond donors (Lipinski definition) is 1. The number of anilines is 1. The van der Waals surface area contributed by atoms with Crippen molar-refractivity contribution in [2.75, 3.05) is 24.6 Å². The first-order chi connectivity index (χ1) is 10.1. The third-order valence-electron chi connectivity index (χ3n) is 3.76. The minimum Gasteiger partial charge on any atom is -0.376 e. The number of aromatic nitrogens is 1. The number of aryl methyl sites for hydroxylation is 1. The summed E-state index contributed by atoms with van der Waals surface area (Å²) in [6.45, 7) is 12.5. The number of nitrogens with one attached hydrogen (secondary N) is 1. The summed E-state index contributed by atoms with van der Waals surface area (Å²) in [7, 11) is 0. The summed E-state index contributed by atoms with van der Waals surface area (Å²) in [5, 5.41) is 4.65. The summed E-state index contributed by atoms with van der Waals surface area (Å²) in [6, 6.07) is 0.511. The van der Waals surface area contributed by atoms with Crippen LogP contribution in [0.2, 0.25) is 0 Å². The Labute approximate surface area is 132 Å². The second-order valence-corrected chi connectivity index (χ2v) is 7.18. The van der Waals surface area contributed by atoms with Gasteiger partial charge in [0.1, 0.15) is 0 Å². The molecule has 1 unspecified atom stereocenters. The van der Waals surface area contributed by atoms with E-state index in [2.05, 4.69) is 37.9 Å². The lowest BCUT2D eigenvalue weighted by molar-refractivity contribution is 0.0440. The van der Waals surface area contributed by atoms with E-state index in [4.69, 9.17) is 9.72 Å². The molecule has 1 atom stereocenters. The van der Waals surface area contributed by atoms with Crippen molar-refractivity contribution in [2.24, 2.45) is 0 Å². The molecule has 1 aliphatic heterocycles. The van der Waals surface area contributed by atoms with Crippen molar-refractivity contribution < 1.29 is 4.74 Å². The Hall–Kier alpha value is -0.650. The minimum atomic E-state index is 0.375. The average molecular weight is 311 g/mol. The molecule has 2 rings (SSSR count). The molecule has 0 aromatic carbocycles. The molecule has 1 fully saturated rings. The van der Waals surface area contributed by atoms with Gasteiger partial charge in [-0.15, -0.1) is 11.3 Å². The number of piperidine rings is 1. The predicted octanol–water partition coefficient (Wildman–Crippen LogP) is 3.34. The van der Waals surface area contributed by atoms with Gasteiger partial charge in [0.05, 0.1) is 11.8 Å². The van der Waals surface area contributed by atoms with Gasteiger partial charge >= 0.3 is 0 Å². The molecule has 0 aliphatic carbocycles. The van der Waals surface area contributed by atoms with Crippen LogP contribution in [0.15, 0.2) is 0 Å². The molecule has 21 heavy (non-hydrogen) atoms. The van der Waals surface area contributed by atoms with Crippen LogP contribution in [-0.4, -0.2) is 36.8 Å². The van der Waals surface area contributed by atoms with Crippen LogP contribution in [0.25, 0.3) is 0 Å². The van der Waals surface area contributed by atoms with E-state index in [-0.39, 0.29) is 0 Å². The van der Waals surface area contributed by atoms with Crippen molar-refractivity contribution >= 4 is 16.5 Å². The maximum Gasteiger partial charge on any atom is 0.185 e. The fourth-order valence-electron chi connectivity index (χ4n) is 2.54. The van der Waals surface area contributed by atoms with Gasteiger partial charge in [-0.25, -0.2) is 4.98 Å². The lowest BCUT2D eigenvalue weighted by atomic mass is 10.1. The Bertz CT molecular complexity index is 433. The molecule has 0 spiro atoms. The normalized spacial score (nSPS) is 19.5. The quantitative estimate of drug-likeness (QED) is 0.838. The molecule has 4 nitrogen and oxygen atoms in total. The van der Waals surface area contributed by atoms with E-state index in [0.29, 0.717) is 12.1 Å². The molecule has 2 heterocycles. The molecule has 0 radical (unpaired) electrons. The summed E-state index contributed by atoms with van der Waals surface area (Å²) in [4.78, 5) is 8.54. The van der Waals surface area contributed by atoms with E-state index in [0.717, 1.165) is 37.8 Å². The Balaban J connectivity index is 1.95. The zero-order valence-electron chi connectivity index (χ0n) is 13.8. The van der Waals surface area contributed by atoms with Gasteiger partial charge in [0.15, 0.2) is 5.13 Å². The van der Waals surface area contributed by atoms with Crippen LogP contribution >= 0.6 is 11.3 Å². The Morgan fingerprint density at radius 1 is 1.48 bits per heavy atom. The standard InChI is InChI=1S/C16H29N3OS/c1-5-9-20-14-7-6-8-19(11-14)16-18-13(4)15(21-16)10-17-12(2)3/h12,14,17H,5-11H2,1-4H3. The summed E-state index contributed by atoms with van der Waals surface area (Å²) in [6.07, 6.45) is 3.85. The van der Waals surface area contributed by atoms with Crippen LogP contribution in [0.3, 0.4) is 0 Å². The van der Waals surface area contributed by atoms with Gasteiger partial charge in [-0.1, -0.05) is 20.8 Å². The number of hydrogen-bond acceptors (Lipinski definition) is 5. The van der Waals surface area contributed by atoms with Crippen LogP contribution in [0.5, 0.6) is 0 Å². The van der Waals surface area contributed by atoms with E-state index < -0.39 is 0 Å². The minimum absolute atomic E-state index is 0.375. The molecule has 0 amide bonds. The maximum absolute atomic E-state index is 5.92. The molecular formula is C16H29N3OS. The van der Waals surface area contributed by atoms with Crippen LogP contribution in [0.4, 0.5) is 5.13 Å². The summed E-state index contributed by atoms with van der Waals surface area (Å²) in [5.74, 6) is 0. The highest BCUT2D eigenvalue weighted by molar-refractivity contribution is 7.15. The fourth-order valence-corrected chi connectivity index (χ4v) is 3.59. The maximum atomic E-state index is 5.92. The van der Waals surface area contributed by atoms with Crippen molar-refractivity contribution in [3.63, 3.8) is 0 Å². The molecule has 0 saturated carbocycles. The Morgan fingerprint density at radius 2 is 2.29 bits per heavy atom.